The van der Waals surface area contributed by atoms with Gasteiger partial charge >= 0.3 is 0 Å². The Morgan fingerprint density at radius 1 is 1.37 bits per heavy atom. The van der Waals surface area contributed by atoms with Crippen LogP contribution < -0.4 is 10.1 Å². The van der Waals surface area contributed by atoms with Gasteiger partial charge in [0, 0.05) is 19.0 Å². The summed E-state index contributed by atoms with van der Waals surface area (Å²) >= 11 is 0. The summed E-state index contributed by atoms with van der Waals surface area (Å²) in [6.07, 6.45) is -1.20. The fourth-order valence-electron chi connectivity index (χ4n) is 1.82. The summed E-state index contributed by atoms with van der Waals surface area (Å²) in [5.41, 5.74) is 0. The molecule has 0 amide bonds. The molecule has 1 aliphatic heterocycles. The van der Waals surface area contributed by atoms with Gasteiger partial charge in [-0.05, 0) is 12.1 Å². The monoisotopic (exact) mass is 263 g/mol. The number of nitrogens with one attached hydrogen (secondary N) is 1. The third-order valence-electron chi connectivity index (χ3n) is 3.06. The molecule has 0 radical (unpaired) electrons. The summed E-state index contributed by atoms with van der Waals surface area (Å²) in [6.45, 7) is 1.47. The smallest absolute Gasteiger partial charge is 0.261 e. The first-order valence-electron chi connectivity index (χ1n) is 6.18. The number of halogens is 1. The summed E-state index contributed by atoms with van der Waals surface area (Å²) in [5.74, 6) is 1.05. The second-order valence-electron chi connectivity index (χ2n) is 4.47. The predicted molar refractivity (Wildman–Crippen MR) is 65.3 cm³/mol. The molecule has 100 valence electrons. The molecular formula is C13H14FN3O2. The fraction of sp³-hybridized carbons (Fsp3) is 0.385. The van der Waals surface area contributed by atoms with Crippen molar-refractivity contribution in [3.63, 3.8) is 0 Å². The van der Waals surface area contributed by atoms with Gasteiger partial charge in [0.15, 0.2) is 12.8 Å². The molecule has 1 N–H and O–H groups in total. The van der Waals surface area contributed by atoms with Crippen molar-refractivity contribution in [2.24, 2.45) is 5.92 Å². The highest BCUT2D eigenvalue weighted by atomic mass is 19.1. The van der Waals surface area contributed by atoms with Crippen molar-refractivity contribution in [3.05, 3.63) is 42.0 Å². The first-order valence-corrected chi connectivity index (χ1v) is 6.18. The Morgan fingerprint density at radius 2 is 2.16 bits per heavy atom. The Hall–Kier alpha value is -1.95. The topological polar surface area (TPSA) is 60.2 Å². The number of para-hydroxylation sites is 1. The van der Waals surface area contributed by atoms with Crippen LogP contribution in [0.5, 0.6) is 5.75 Å². The number of alkyl halides is 1. The van der Waals surface area contributed by atoms with Gasteiger partial charge in [-0.25, -0.2) is 4.39 Å². The van der Waals surface area contributed by atoms with Gasteiger partial charge in [0.25, 0.3) is 5.89 Å². The van der Waals surface area contributed by atoms with E-state index in [1.165, 1.54) is 0 Å². The first-order chi connectivity index (χ1) is 9.33. The van der Waals surface area contributed by atoms with Gasteiger partial charge in [-0.15, -0.1) is 0 Å². The van der Waals surface area contributed by atoms with Gasteiger partial charge in [-0.2, -0.15) is 4.98 Å². The van der Waals surface area contributed by atoms with Crippen molar-refractivity contribution in [3.8, 4) is 5.75 Å². The molecule has 1 aromatic heterocycles. The fourth-order valence-corrected chi connectivity index (χ4v) is 1.82. The Morgan fingerprint density at radius 3 is 2.84 bits per heavy atom. The molecule has 0 bridgehead atoms. The van der Waals surface area contributed by atoms with Crippen LogP contribution in [0.3, 0.4) is 0 Å². The molecule has 2 aromatic rings. The van der Waals surface area contributed by atoms with Crippen molar-refractivity contribution in [2.75, 3.05) is 13.1 Å². The van der Waals surface area contributed by atoms with E-state index in [1.807, 2.05) is 30.3 Å². The van der Waals surface area contributed by atoms with Crippen LogP contribution in [0.25, 0.3) is 0 Å². The summed E-state index contributed by atoms with van der Waals surface area (Å²) in [6, 6.07) is 9.31. The summed E-state index contributed by atoms with van der Waals surface area (Å²) < 4.78 is 24.3. The van der Waals surface area contributed by atoms with E-state index in [2.05, 4.69) is 15.5 Å². The van der Waals surface area contributed by atoms with E-state index < -0.39 is 6.17 Å². The average Bonchev–Trinajstić information content (AvgIpc) is 2.84. The maximum Gasteiger partial charge on any atom is 0.261 e. The average molecular weight is 263 g/mol. The molecule has 1 fully saturated rings. The molecule has 19 heavy (non-hydrogen) atoms. The van der Waals surface area contributed by atoms with Gasteiger partial charge < -0.3 is 14.6 Å². The summed E-state index contributed by atoms with van der Waals surface area (Å²) in [4.78, 5) is 4.02. The maximum atomic E-state index is 13.9. The van der Waals surface area contributed by atoms with Crippen LogP contribution in [-0.2, 0) is 6.61 Å². The van der Waals surface area contributed by atoms with Crippen molar-refractivity contribution in [1.82, 2.24) is 15.5 Å². The van der Waals surface area contributed by atoms with E-state index in [1.54, 1.807) is 0 Å². The molecular weight excluding hydrogens is 249 g/mol. The van der Waals surface area contributed by atoms with Crippen LogP contribution in [0.4, 0.5) is 4.39 Å². The van der Waals surface area contributed by atoms with E-state index in [4.69, 9.17) is 9.26 Å². The number of hydrogen-bond acceptors (Lipinski definition) is 5. The highest BCUT2D eigenvalue weighted by molar-refractivity contribution is 5.20. The summed E-state index contributed by atoms with van der Waals surface area (Å²) in [5, 5.41) is 6.73. The Bertz CT molecular complexity index is 528. The van der Waals surface area contributed by atoms with Crippen LogP contribution in [0.2, 0.25) is 0 Å². The van der Waals surface area contributed by atoms with E-state index >= 15 is 0 Å². The van der Waals surface area contributed by atoms with Crippen LogP contribution in [0, 0.1) is 5.92 Å². The molecule has 0 spiro atoms. The zero-order valence-electron chi connectivity index (χ0n) is 10.3. The van der Waals surface area contributed by atoms with E-state index in [-0.39, 0.29) is 18.4 Å². The Kier molecular flexibility index (Phi) is 3.41. The number of hydrogen-bond donors (Lipinski definition) is 1. The Balaban J connectivity index is 1.58. The van der Waals surface area contributed by atoms with E-state index in [9.17, 15) is 4.39 Å². The lowest BCUT2D eigenvalue weighted by Crippen LogP contribution is -2.44. The van der Waals surface area contributed by atoms with Gasteiger partial charge in [-0.3, -0.25) is 0 Å². The third kappa shape index (κ3) is 2.73. The lowest BCUT2D eigenvalue weighted by molar-refractivity contribution is 0.132. The Labute approximate surface area is 109 Å². The SMILES string of the molecule is FC(c1nc(COc2ccccc2)no1)C1CNC1. The molecule has 0 aliphatic carbocycles. The van der Waals surface area contributed by atoms with Gasteiger partial charge in [0.05, 0.1) is 0 Å². The van der Waals surface area contributed by atoms with Crippen LogP contribution in [-0.4, -0.2) is 23.2 Å². The standard InChI is InChI=1S/C13H14FN3O2/c14-12(9-6-15-7-9)13-16-11(17-19-13)8-18-10-4-2-1-3-5-10/h1-5,9,12,15H,6-8H2. The molecule has 1 unspecified atom stereocenters. The number of benzene rings is 1. The minimum atomic E-state index is -1.20. The molecule has 1 atom stereocenters. The maximum absolute atomic E-state index is 13.9. The van der Waals surface area contributed by atoms with Crippen molar-refractivity contribution in [1.29, 1.82) is 0 Å². The normalized spacial score (nSPS) is 16.9. The lowest BCUT2D eigenvalue weighted by Gasteiger charge is -2.27. The van der Waals surface area contributed by atoms with E-state index in [0.29, 0.717) is 24.7 Å². The molecule has 2 heterocycles. The minimum absolute atomic E-state index is 0.0400. The second kappa shape index (κ2) is 5.36. The lowest BCUT2D eigenvalue weighted by atomic mass is 9.97. The van der Waals surface area contributed by atoms with Crippen molar-refractivity contribution >= 4 is 0 Å². The van der Waals surface area contributed by atoms with Crippen LogP contribution in [0.15, 0.2) is 34.9 Å². The molecule has 1 aliphatic rings. The molecule has 1 aromatic carbocycles. The molecule has 0 saturated carbocycles. The van der Waals surface area contributed by atoms with Gasteiger partial charge in [-0.1, -0.05) is 23.4 Å². The van der Waals surface area contributed by atoms with Gasteiger partial charge in [0.1, 0.15) is 5.75 Å². The number of aromatic nitrogens is 2. The zero-order chi connectivity index (χ0) is 13.1. The zero-order valence-corrected chi connectivity index (χ0v) is 10.3. The third-order valence-corrected chi connectivity index (χ3v) is 3.06. The van der Waals surface area contributed by atoms with E-state index in [0.717, 1.165) is 0 Å². The first kappa shape index (κ1) is 12.1. The predicted octanol–water partition coefficient (Wildman–Crippen LogP) is 1.88. The van der Waals surface area contributed by atoms with Crippen molar-refractivity contribution < 1.29 is 13.7 Å². The highest BCUT2D eigenvalue weighted by Gasteiger charge is 2.32. The quantitative estimate of drug-likeness (QED) is 0.892. The number of nitrogens with zero attached hydrogens (tertiary/aromatic N) is 2. The molecule has 6 heteroatoms. The number of rotatable bonds is 5. The van der Waals surface area contributed by atoms with Gasteiger partial charge in [0.2, 0.25) is 5.82 Å². The molecule has 1 saturated heterocycles. The van der Waals surface area contributed by atoms with Crippen LogP contribution in [0.1, 0.15) is 17.9 Å². The highest BCUT2D eigenvalue weighted by Crippen LogP contribution is 2.27. The minimum Gasteiger partial charge on any atom is -0.485 e. The largest absolute Gasteiger partial charge is 0.485 e. The summed E-state index contributed by atoms with van der Waals surface area (Å²) in [7, 11) is 0. The molecule has 3 rings (SSSR count). The molecule has 5 nitrogen and oxygen atoms in total. The second-order valence-corrected chi connectivity index (χ2v) is 4.47. The number of ether oxygens (including phenoxy) is 1. The van der Waals surface area contributed by atoms with Crippen LogP contribution >= 0.6 is 0 Å². The van der Waals surface area contributed by atoms with Crippen molar-refractivity contribution in [2.45, 2.75) is 12.8 Å².